The van der Waals surface area contributed by atoms with Crippen LogP contribution in [-0.2, 0) is 20.7 Å². The molecular formula is C16H21NO3S. The van der Waals surface area contributed by atoms with Crippen LogP contribution in [0.1, 0.15) is 30.6 Å². The zero-order chi connectivity index (χ0) is 14.7. The van der Waals surface area contributed by atoms with Gasteiger partial charge in [-0.2, -0.15) is 0 Å². The van der Waals surface area contributed by atoms with Crippen LogP contribution in [0, 0.1) is 11.8 Å². The molecule has 1 atom stereocenters. The van der Waals surface area contributed by atoms with Crippen LogP contribution in [0.4, 0.5) is 0 Å². The largest absolute Gasteiger partial charge is 0.465 e. The number of likely N-dealkylation sites (tertiary alicyclic amines) is 1. The van der Waals surface area contributed by atoms with Gasteiger partial charge in [-0.1, -0.05) is 6.07 Å². The average molecular weight is 307 g/mol. The minimum Gasteiger partial charge on any atom is -0.465 e. The predicted molar refractivity (Wildman–Crippen MR) is 81.0 cm³/mol. The third kappa shape index (κ3) is 3.84. The highest BCUT2D eigenvalue weighted by atomic mass is 32.1. The first kappa shape index (κ1) is 14.6. The summed E-state index contributed by atoms with van der Waals surface area (Å²) in [5.41, 5.74) is 0. The summed E-state index contributed by atoms with van der Waals surface area (Å²) in [6.07, 6.45) is 4.56. The first-order valence-corrected chi connectivity index (χ1v) is 8.60. The highest BCUT2D eigenvalue weighted by molar-refractivity contribution is 7.09. The van der Waals surface area contributed by atoms with Gasteiger partial charge in [0.05, 0.1) is 12.5 Å². The van der Waals surface area contributed by atoms with E-state index in [1.165, 1.54) is 4.88 Å². The Bertz CT molecular complexity index is 496. The molecular weight excluding hydrogens is 286 g/mol. The second kappa shape index (κ2) is 6.60. The molecule has 0 radical (unpaired) electrons. The fourth-order valence-electron chi connectivity index (χ4n) is 2.78. The molecule has 2 fully saturated rings. The number of amides is 1. The molecule has 1 aliphatic heterocycles. The fourth-order valence-corrected chi connectivity index (χ4v) is 3.47. The van der Waals surface area contributed by atoms with Crippen molar-refractivity contribution >= 4 is 23.2 Å². The lowest BCUT2D eigenvalue weighted by atomic mass is 9.98. The topological polar surface area (TPSA) is 46.6 Å². The number of hydrogen-bond acceptors (Lipinski definition) is 4. The number of piperidine rings is 1. The molecule has 1 amide bonds. The summed E-state index contributed by atoms with van der Waals surface area (Å²) in [4.78, 5) is 27.3. The average Bonchev–Trinajstić information content (AvgIpc) is 3.24. The minimum absolute atomic E-state index is 0.134. The van der Waals surface area contributed by atoms with Crippen molar-refractivity contribution in [2.45, 2.75) is 32.1 Å². The fraction of sp³-hybridized carbons (Fsp3) is 0.625. The Hall–Kier alpha value is -1.36. The van der Waals surface area contributed by atoms with Crippen molar-refractivity contribution in [3.8, 4) is 0 Å². The molecule has 1 saturated heterocycles. The molecule has 3 rings (SSSR count). The first-order chi connectivity index (χ1) is 10.2. The number of rotatable bonds is 5. The Balaban J connectivity index is 1.44. The maximum Gasteiger partial charge on any atom is 0.310 e. The molecule has 2 aliphatic rings. The molecule has 1 aromatic heterocycles. The number of nitrogens with zero attached hydrogens (tertiary/aromatic N) is 1. The summed E-state index contributed by atoms with van der Waals surface area (Å²) in [5, 5.41) is 2.03. The van der Waals surface area contributed by atoms with E-state index in [1.54, 1.807) is 11.3 Å². The maximum atomic E-state index is 12.1. The summed E-state index contributed by atoms with van der Waals surface area (Å²) in [5.74, 6) is 0.203. The number of hydrogen-bond donors (Lipinski definition) is 0. The Morgan fingerprint density at radius 2 is 2.14 bits per heavy atom. The molecule has 0 N–H and O–H groups in total. The van der Waals surface area contributed by atoms with Crippen molar-refractivity contribution in [3.05, 3.63) is 22.4 Å². The molecule has 2 heterocycles. The van der Waals surface area contributed by atoms with E-state index < -0.39 is 0 Å². The van der Waals surface area contributed by atoms with E-state index in [0.29, 0.717) is 13.2 Å². The van der Waals surface area contributed by atoms with Gasteiger partial charge in [0, 0.05) is 30.3 Å². The molecule has 0 aromatic carbocycles. The van der Waals surface area contributed by atoms with Crippen molar-refractivity contribution in [1.29, 1.82) is 0 Å². The van der Waals surface area contributed by atoms with Crippen LogP contribution in [0.3, 0.4) is 0 Å². The second-order valence-corrected chi connectivity index (χ2v) is 6.93. The summed E-state index contributed by atoms with van der Waals surface area (Å²) in [6, 6.07) is 4.06. The number of esters is 1. The molecule has 4 nitrogen and oxygen atoms in total. The lowest BCUT2D eigenvalue weighted by molar-refractivity contribution is -0.151. The first-order valence-electron chi connectivity index (χ1n) is 7.72. The summed E-state index contributed by atoms with van der Waals surface area (Å²) in [6.45, 7) is 1.79. The molecule has 1 aromatic rings. The van der Waals surface area contributed by atoms with E-state index in [-0.39, 0.29) is 23.7 Å². The van der Waals surface area contributed by atoms with Crippen LogP contribution >= 0.6 is 11.3 Å². The highest BCUT2D eigenvalue weighted by Crippen LogP contribution is 2.32. The normalized spacial score (nSPS) is 22.1. The van der Waals surface area contributed by atoms with Crippen molar-refractivity contribution in [3.63, 3.8) is 0 Å². The van der Waals surface area contributed by atoms with Crippen molar-refractivity contribution in [1.82, 2.24) is 4.90 Å². The van der Waals surface area contributed by atoms with Crippen molar-refractivity contribution < 1.29 is 14.3 Å². The maximum absolute atomic E-state index is 12.1. The summed E-state index contributed by atoms with van der Waals surface area (Å²) >= 11 is 1.68. The van der Waals surface area contributed by atoms with E-state index in [4.69, 9.17) is 4.74 Å². The van der Waals surface area contributed by atoms with E-state index in [0.717, 1.165) is 38.6 Å². The van der Waals surface area contributed by atoms with Gasteiger partial charge in [-0.15, -0.1) is 11.3 Å². The van der Waals surface area contributed by atoms with Crippen LogP contribution in [-0.4, -0.2) is 36.5 Å². The minimum atomic E-state index is -0.139. The van der Waals surface area contributed by atoms with E-state index in [9.17, 15) is 9.59 Å². The second-order valence-electron chi connectivity index (χ2n) is 5.89. The smallest absolute Gasteiger partial charge is 0.310 e. The Morgan fingerprint density at radius 3 is 2.86 bits per heavy atom. The molecule has 1 aliphatic carbocycles. The van der Waals surface area contributed by atoms with Gasteiger partial charge >= 0.3 is 5.97 Å². The highest BCUT2D eigenvalue weighted by Gasteiger charge is 2.37. The predicted octanol–water partition coefficient (Wildman–Crippen LogP) is 2.48. The standard InChI is InChI=1S/C16H21NO3S/c18-15(12-5-6-12)17-8-1-3-13(11-17)16(19)20-9-7-14-4-2-10-21-14/h2,4,10,12-13H,1,3,5-9,11H2/t13-/m0/s1. The molecule has 0 spiro atoms. The van der Waals surface area contributed by atoms with Gasteiger partial charge in [-0.05, 0) is 37.1 Å². The van der Waals surface area contributed by atoms with Gasteiger partial charge in [0.2, 0.25) is 5.91 Å². The quantitative estimate of drug-likeness (QED) is 0.785. The van der Waals surface area contributed by atoms with Gasteiger partial charge in [0.15, 0.2) is 0 Å². The summed E-state index contributed by atoms with van der Waals surface area (Å²) < 4.78 is 5.39. The van der Waals surface area contributed by atoms with Gasteiger partial charge in [0.1, 0.15) is 0 Å². The van der Waals surface area contributed by atoms with Crippen molar-refractivity contribution in [2.24, 2.45) is 11.8 Å². The van der Waals surface area contributed by atoms with Crippen LogP contribution in [0.5, 0.6) is 0 Å². The summed E-state index contributed by atoms with van der Waals surface area (Å²) in [7, 11) is 0. The molecule has 21 heavy (non-hydrogen) atoms. The zero-order valence-corrected chi connectivity index (χ0v) is 12.9. The van der Waals surface area contributed by atoms with Gasteiger partial charge < -0.3 is 9.64 Å². The lowest BCUT2D eigenvalue weighted by Gasteiger charge is -2.31. The van der Waals surface area contributed by atoms with Crippen LogP contribution < -0.4 is 0 Å². The lowest BCUT2D eigenvalue weighted by Crippen LogP contribution is -2.43. The van der Waals surface area contributed by atoms with Crippen LogP contribution in [0.15, 0.2) is 17.5 Å². The Morgan fingerprint density at radius 1 is 1.29 bits per heavy atom. The van der Waals surface area contributed by atoms with E-state index >= 15 is 0 Å². The monoisotopic (exact) mass is 307 g/mol. The molecule has 1 saturated carbocycles. The number of carbonyl (C=O) groups is 2. The third-order valence-corrected chi connectivity index (χ3v) is 5.10. The van der Waals surface area contributed by atoms with Crippen LogP contribution in [0.25, 0.3) is 0 Å². The molecule has 5 heteroatoms. The van der Waals surface area contributed by atoms with Crippen LogP contribution in [0.2, 0.25) is 0 Å². The van der Waals surface area contributed by atoms with Crippen molar-refractivity contribution in [2.75, 3.05) is 19.7 Å². The SMILES string of the molecule is O=C(OCCc1cccs1)[C@H]1CCCN(C(=O)C2CC2)C1. The van der Waals surface area contributed by atoms with Gasteiger partial charge in [0.25, 0.3) is 0 Å². The third-order valence-electron chi connectivity index (χ3n) is 4.17. The number of carbonyl (C=O) groups excluding carboxylic acids is 2. The Labute approximate surface area is 129 Å². The van der Waals surface area contributed by atoms with E-state index in [2.05, 4.69) is 6.07 Å². The number of thiophene rings is 1. The number of ether oxygens (including phenoxy) is 1. The zero-order valence-electron chi connectivity index (χ0n) is 12.1. The molecule has 114 valence electrons. The van der Waals surface area contributed by atoms with E-state index in [1.807, 2.05) is 16.3 Å². The molecule has 0 unspecified atom stereocenters. The van der Waals surface area contributed by atoms with Gasteiger partial charge in [-0.25, -0.2) is 0 Å². The van der Waals surface area contributed by atoms with Gasteiger partial charge in [-0.3, -0.25) is 9.59 Å². The Kier molecular flexibility index (Phi) is 4.58. The molecule has 0 bridgehead atoms.